The highest BCUT2D eigenvalue weighted by atomic mass is 19.4. The molecular weight excluding hydrogens is 267 g/mol. The third-order valence-corrected chi connectivity index (χ3v) is 2.75. The van der Waals surface area contributed by atoms with Crippen LogP contribution in [0.25, 0.3) is 0 Å². The molecule has 1 aliphatic rings. The molecule has 19 heavy (non-hydrogen) atoms. The van der Waals surface area contributed by atoms with Crippen LogP contribution in [0.4, 0.5) is 13.2 Å². The topological polar surface area (TPSA) is 69.4 Å². The fourth-order valence-corrected chi connectivity index (χ4v) is 1.82. The van der Waals surface area contributed by atoms with Gasteiger partial charge in [-0.25, -0.2) is 0 Å². The molecule has 0 radical (unpaired) electrons. The standard InChI is InChI=1S/C10H14F3N3O3/c1-14-7-3-17-2-6(7)9-15-8(16-19-9)4-18-5-10(11,12)13/h6-7,14H,2-5H2,1H3. The van der Waals surface area contributed by atoms with Gasteiger partial charge in [-0.2, -0.15) is 18.2 Å². The molecule has 0 spiro atoms. The molecule has 2 unspecified atom stereocenters. The molecule has 0 aromatic carbocycles. The second-order valence-electron chi connectivity index (χ2n) is 4.20. The normalized spacial score (nSPS) is 24.0. The largest absolute Gasteiger partial charge is 0.411 e. The van der Waals surface area contributed by atoms with Crippen molar-refractivity contribution < 1.29 is 27.2 Å². The summed E-state index contributed by atoms with van der Waals surface area (Å²) >= 11 is 0. The zero-order valence-electron chi connectivity index (χ0n) is 10.2. The van der Waals surface area contributed by atoms with Crippen LogP contribution in [0.5, 0.6) is 0 Å². The molecule has 1 saturated heterocycles. The number of hydrogen-bond donors (Lipinski definition) is 1. The van der Waals surface area contributed by atoms with Gasteiger partial charge in [-0.3, -0.25) is 0 Å². The fraction of sp³-hybridized carbons (Fsp3) is 0.800. The van der Waals surface area contributed by atoms with E-state index in [2.05, 4.69) is 20.2 Å². The highest BCUT2D eigenvalue weighted by Gasteiger charge is 2.33. The van der Waals surface area contributed by atoms with Gasteiger partial charge in [0.1, 0.15) is 13.2 Å². The number of hydrogen-bond acceptors (Lipinski definition) is 6. The molecule has 1 aromatic rings. The number of halogens is 3. The summed E-state index contributed by atoms with van der Waals surface area (Å²) in [6.07, 6.45) is -4.36. The molecule has 2 atom stereocenters. The van der Waals surface area contributed by atoms with E-state index in [4.69, 9.17) is 9.26 Å². The predicted octanol–water partition coefficient (Wildman–Crippen LogP) is 0.850. The number of nitrogens with one attached hydrogen (secondary N) is 1. The van der Waals surface area contributed by atoms with Crippen molar-refractivity contribution in [2.75, 3.05) is 26.9 Å². The van der Waals surface area contributed by atoms with E-state index in [0.29, 0.717) is 19.1 Å². The van der Waals surface area contributed by atoms with Crippen LogP contribution in [0.3, 0.4) is 0 Å². The Hall–Kier alpha value is -1.19. The van der Waals surface area contributed by atoms with E-state index in [9.17, 15) is 13.2 Å². The Balaban J connectivity index is 1.88. The van der Waals surface area contributed by atoms with Gasteiger partial charge in [0, 0.05) is 6.04 Å². The Morgan fingerprint density at radius 1 is 1.42 bits per heavy atom. The Morgan fingerprint density at radius 3 is 2.89 bits per heavy atom. The first kappa shape index (κ1) is 14.2. The molecule has 0 bridgehead atoms. The molecule has 0 saturated carbocycles. The van der Waals surface area contributed by atoms with E-state index >= 15 is 0 Å². The van der Waals surface area contributed by atoms with Crippen molar-refractivity contribution in [2.24, 2.45) is 0 Å². The summed E-state index contributed by atoms with van der Waals surface area (Å²) in [5.74, 6) is 0.359. The molecule has 6 nitrogen and oxygen atoms in total. The second-order valence-corrected chi connectivity index (χ2v) is 4.20. The number of aromatic nitrogens is 2. The third kappa shape index (κ3) is 3.88. The van der Waals surface area contributed by atoms with Crippen LogP contribution in [-0.4, -0.2) is 49.2 Å². The Kier molecular flexibility index (Phi) is 4.38. The van der Waals surface area contributed by atoms with Crippen molar-refractivity contribution in [1.29, 1.82) is 0 Å². The molecule has 1 aliphatic heterocycles. The molecule has 2 rings (SSSR count). The minimum absolute atomic E-state index is 0.0596. The van der Waals surface area contributed by atoms with E-state index in [0.717, 1.165) is 0 Å². The Morgan fingerprint density at radius 2 is 2.21 bits per heavy atom. The SMILES string of the molecule is CNC1COCC1c1nc(COCC(F)(F)F)no1. The molecule has 1 fully saturated rings. The number of likely N-dealkylation sites (N-methyl/N-ethyl adjacent to an activating group) is 1. The zero-order chi connectivity index (χ0) is 13.9. The Bertz CT molecular complexity index is 410. The summed E-state index contributed by atoms with van der Waals surface area (Å²) < 4.78 is 50.4. The van der Waals surface area contributed by atoms with E-state index in [1.54, 1.807) is 7.05 Å². The monoisotopic (exact) mass is 281 g/mol. The third-order valence-electron chi connectivity index (χ3n) is 2.75. The van der Waals surface area contributed by atoms with Crippen molar-refractivity contribution in [3.05, 3.63) is 11.7 Å². The molecule has 1 aromatic heterocycles. The van der Waals surface area contributed by atoms with Crippen molar-refractivity contribution in [3.8, 4) is 0 Å². The van der Waals surface area contributed by atoms with Gasteiger partial charge in [0.2, 0.25) is 5.89 Å². The summed E-state index contributed by atoms with van der Waals surface area (Å²) in [5.41, 5.74) is 0. The van der Waals surface area contributed by atoms with Gasteiger partial charge in [0.25, 0.3) is 0 Å². The summed E-state index contributed by atoms with van der Waals surface area (Å²) in [4.78, 5) is 4.02. The lowest BCUT2D eigenvalue weighted by Gasteiger charge is -2.11. The maximum absolute atomic E-state index is 11.9. The van der Waals surface area contributed by atoms with Gasteiger partial charge in [0.15, 0.2) is 5.82 Å². The van der Waals surface area contributed by atoms with E-state index in [1.165, 1.54) is 0 Å². The number of ether oxygens (including phenoxy) is 2. The van der Waals surface area contributed by atoms with Crippen LogP contribution in [0.2, 0.25) is 0 Å². The zero-order valence-corrected chi connectivity index (χ0v) is 10.2. The molecule has 1 N–H and O–H groups in total. The maximum Gasteiger partial charge on any atom is 0.411 e. The first-order valence-corrected chi connectivity index (χ1v) is 5.71. The van der Waals surface area contributed by atoms with Gasteiger partial charge in [-0.15, -0.1) is 0 Å². The van der Waals surface area contributed by atoms with Gasteiger partial charge in [-0.05, 0) is 7.05 Å². The molecule has 0 amide bonds. The minimum atomic E-state index is -4.36. The number of alkyl halides is 3. The highest BCUT2D eigenvalue weighted by molar-refractivity contribution is 5.01. The van der Waals surface area contributed by atoms with Gasteiger partial charge in [0.05, 0.1) is 19.1 Å². The van der Waals surface area contributed by atoms with Crippen LogP contribution >= 0.6 is 0 Å². The van der Waals surface area contributed by atoms with E-state index in [1.807, 2.05) is 0 Å². The average Bonchev–Trinajstić information content (AvgIpc) is 2.93. The minimum Gasteiger partial charge on any atom is -0.379 e. The summed E-state index contributed by atoms with van der Waals surface area (Å²) in [6.45, 7) is -0.691. The fourth-order valence-electron chi connectivity index (χ4n) is 1.82. The van der Waals surface area contributed by atoms with Crippen molar-refractivity contribution in [2.45, 2.75) is 24.7 Å². The molecular formula is C10H14F3N3O3. The van der Waals surface area contributed by atoms with E-state index in [-0.39, 0.29) is 24.4 Å². The smallest absolute Gasteiger partial charge is 0.379 e. The van der Waals surface area contributed by atoms with Crippen LogP contribution in [0.15, 0.2) is 4.52 Å². The van der Waals surface area contributed by atoms with Crippen molar-refractivity contribution in [1.82, 2.24) is 15.5 Å². The van der Waals surface area contributed by atoms with Crippen LogP contribution < -0.4 is 5.32 Å². The highest BCUT2D eigenvalue weighted by Crippen LogP contribution is 2.24. The molecule has 108 valence electrons. The first-order chi connectivity index (χ1) is 8.99. The molecule has 2 heterocycles. The van der Waals surface area contributed by atoms with Gasteiger partial charge in [-0.1, -0.05) is 5.16 Å². The van der Waals surface area contributed by atoms with Crippen LogP contribution in [-0.2, 0) is 16.1 Å². The van der Waals surface area contributed by atoms with Crippen LogP contribution in [0.1, 0.15) is 17.6 Å². The quantitative estimate of drug-likeness (QED) is 0.863. The van der Waals surface area contributed by atoms with Gasteiger partial charge < -0.3 is 19.3 Å². The summed E-state index contributed by atoms with van der Waals surface area (Å²) in [7, 11) is 1.79. The van der Waals surface area contributed by atoms with Crippen LogP contribution in [0, 0.1) is 0 Å². The van der Waals surface area contributed by atoms with Crippen molar-refractivity contribution >= 4 is 0 Å². The van der Waals surface area contributed by atoms with Crippen molar-refractivity contribution in [3.63, 3.8) is 0 Å². The average molecular weight is 281 g/mol. The number of nitrogens with zero attached hydrogens (tertiary/aromatic N) is 2. The lowest BCUT2D eigenvalue weighted by molar-refractivity contribution is -0.177. The number of rotatable bonds is 5. The molecule has 9 heteroatoms. The Labute approximate surface area is 107 Å². The maximum atomic E-state index is 11.9. The van der Waals surface area contributed by atoms with E-state index < -0.39 is 12.8 Å². The lowest BCUT2D eigenvalue weighted by Crippen LogP contribution is -2.31. The second kappa shape index (κ2) is 5.85. The van der Waals surface area contributed by atoms with Gasteiger partial charge >= 0.3 is 6.18 Å². The molecule has 0 aliphatic carbocycles. The lowest BCUT2D eigenvalue weighted by atomic mass is 10.0. The summed E-state index contributed by atoms with van der Waals surface area (Å²) in [6, 6.07) is 0.0596. The predicted molar refractivity (Wildman–Crippen MR) is 56.4 cm³/mol. The first-order valence-electron chi connectivity index (χ1n) is 5.71. The summed E-state index contributed by atoms with van der Waals surface area (Å²) in [5, 5.41) is 6.64.